The number of likely N-dealkylation sites (tertiary alicyclic amines) is 1. The van der Waals surface area contributed by atoms with E-state index in [4.69, 9.17) is 0 Å². The van der Waals surface area contributed by atoms with Gasteiger partial charge in [0.05, 0.1) is 6.07 Å². The number of rotatable bonds is 5. The monoisotopic (exact) mass is 224 g/mol. The highest BCUT2D eigenvalue weighted by molar-refractivity contribution is 5.09. The normalized spacial score (nSPS) is 20.9. The van der Waals surface area contributed by atoms with Crippen molar-refractivity contribution in [3.05, 3.63) is 0 Å². The summed E-state index contributed by atoms with van der Waals surface area (Å²) in [5.74, 6) is 0. The lowest BCUT2D eigenvalue weighted by Gasteiger charge is -2.36. The summed E-state index contributed by atoms with van der Waals surface area (Å²) in [5.41, 5.74) is -0.265. The predicted octanol–water partition coefficient (Wildman–Crippen LogP) is 0.516. The number of piperidine rings is 1. The maximum Gasteiger partial charge on any atom is 0.109 e. The quantitative estimate of drug-likeness (QED) is 0.691. The second kappa shape index (κ2) is 6.19. The molecule has 4 heteroatoms. The molecule has 92 valence electrons. The summed E-state index contributed by atoms with van der Waals surface area (Å²) in [5, 5.41) is 12.7. The zero-order chi connectivity index (χ0) is 12.0. The molecule has 0 aromatic rings. The average Bonchev–Trinajstić information content (AvgIpc) is 2.27. The largest absolute Gasteiger partial charge is 0.309 e. The van der Waals surface area contributed by atoms with Gasteiger partial charge < -0.3 is 9.80 Å². The molecule has 1 aliphatic heterocycles. The maximum absolute atomic E-state index is 9.29. The Bertz CT molecular complexity index is 236. The number of nitrogens with one attached hydrogen (secondary N) is 1. The Labute approximate surface area is 99.2 Å². The molecular formula is C12H24N4. The van der Waals surface area contributed by atoms with Gasteiger partial charge in [-0.1, -0.05) is 0 Å². The molecule has 1 aliphatic rings. The molecule has 1 fully saturated rings. The van der Waals surface area contributed by atoms with Crippen molar-refractivity contribution in [2.24, 2.45) is 0 Å². The molecule has 0 aromatic carbocycles. The van der Waals surface area contributed by atoms with Crippen LogP contribution >= 0.6 is 0 Å². The summed E-state index contributed by atoms with van der Waals surface area (Å²) >= 11 is 0. The van der Waals surface area contributed by atoms with Gasteiger partial charge in [0, 0.05) is 13.1 Å². The van der Waals surface area contributed by atoms with Gasteiger partial charge >= 0.3 is 0 Å². The van der Waals surface area contributed by atoms with Gasteiger partial charge in [0.15, 0.2) is 0 Å². The third kappa shape index (κ3) is 4.09. The van der Waals surface area contributed by atoms with Crippen LogP contribution in [0.2, 0.25) is 0 Å². The molecule has 1 saturated heterocycles. The van der Waals surface area contributed by atoms with Crippen molar-refractivity contribution in [1.82, 2.24) is 15.1 Å². The van der Waals surface area contributed by atoms with E-state index in [-0.39, 0.29) is 5.54 Å². The zero-order valence-corrected chi connectivity index (χ0v) is 10.8. The van der Waals surface area contributed by atoms with Crippen molar-refractivity contribution >= 4 is 0 Å². The first-order valence-corrected chi connectivity index (χ1v) is 6.07. The second-order valence-electron chi connectivity index (χ2n) is 5.08. The van der Waals surface area contributed by atoms with E-state index in [2.05, 4.69) is 42.3 Å². The van der Waals surface area contributed by atoms with Gasteiger partial charge in [0.1, 0.15) is 5.54 Å². The highest BCUT2D eigenvalue weighted by Crippen LogP contribution is 2.20. The van der Waals surface area contributed by atoms with Crippen molar-refractivity contribution in [2.75, 3.05) is 47.3 Å². The Kier molecular flexibility index (Phi) is 5.20. The van der Waals surface area contributed by atoms with Crippen molar-refractivity contribution in [2.45, 2.75) is 24.8 Å². The molecule has 0 amide bonds. The molecule has 0 saturated carbocycles. The first-order chi connectivity index (χ1) is 7.58. The standard InChI is InChI=1S/C12H24N4/c1-15(2)8-4-7-14-12(11-13)5-9-16(3)10-6-12/h14H,4-10H2,1-3H3. The van der Waals surface area contributed by atoms with Crippen molar-refractivity contribution in [1.29, 1.82) is 5.26 Å². The van der Waals surface area contributed by atoms with Gasteiger partial charge in [-0.15, -0.1) is 0 Å². The van der Waals surface area contributed by atoms with E-state index in [1.165, 1.54) is 0 Å². The molecule has 0 radical (unpaired) electrons. The zero-order valence-electron chi connectivity index (χ0n) is 10.8. The molecule has 0 aromatic heterocycles. The van der Waals surface area contributed by atoms with Gasteiger partial charge in [-0.3, -0.25) is 5.32 Å². The molecule has 1 heterocycles. The topological polar surface area (TPSA) is 42.3 Å². The molecule has 0 bridgehead atoms. The fraction of sp³-hybridized carbons (Fsp3) is 0.917. The van der Waals surface area contributed by atoms with Gasteiger partial charge in [-0.2, -0.15) is 5.26 Å². The summed E-state index contributed by atoms with van der Waals surface area (Å²) in [6, 6.07) is 2.47. The summed E-state index contributed by atoms with van der Waals surface area (Å²) in [6.07, 6.45) is 3.00. The number of nitrogens with zero attached hydrogens (tertiary/aromatic N) is 3. The minimum absolute atomic E-state index is 0.265. The molecular weight excluding hydrogens is 200 g/mol. The number of hydrogen-bond acceptors (Lipinski definition) is 4. The first kappa shape index (κ1) is 13.4. The van der Waals surface area contributed by atoms with Crippen molar-refractivity contribution in [3.63, 3.8) is 0 Å². The third-order valence-corrected chi connectivity index (χ3v) is 3.30. The highest BCUT2D eigenvalue weighted by atomic mass is 15.1. The fourth-order valence-corrected chi connectivity index (χ4v) is 2.05. The van der Waals surface area contributed by atoms with Crippen LogP contribution in [0.15, 0.2) is 0 Å². The summed E-state index contributed by atoms with van der Waals surface area (Å²) in [7, 11) is 6.28. The Morgan fingerprint density at radius 1 is 1.38 bits per heavy atom. The Morgan fingerprint density at radius 2 is 2.00 bits per heavy atom. The van der Waals surface area contributed by atoms with Crippen LogP contribution < -0.4 is 5.32 Å². The van der Waals surface area contributed by atoms with Crippen LogP contribution in [-0.2, 0) is 0 Å². The Hall–Kier alpha value is -0.630. The summed E-state index contributed by atoms with van der Waals surface area (Å²) < 4.78 is 0. The van der Waals surface area contributed by atoms with Gasteiger partial charge in [0.25, 0.3) is 0 Å². The third-order valence-electron chi connectivity index (χ3n) is 3.30. The minimum atomic E-state index is -0.265. The van der Waals surface area contributed by atoms with Crippen molar-refractivity contribution < 1.29 is 0 Å². The molecule has 16 heavy (non-hydrogen) atoms. The lowest BCUT2D eigenvalue weighted by Crippen LogP contribution is -2.52. The van der Waals surface area contributed by atoms with E-state index in [0.717, 1.165) is 45.4 Å². The van der Waals surface area contributed by atoms with E-state index in [1.807, 2.05) is 0 Å². The molecule has 1 rings (SSSR count). The van der Waals surface area contributed by atoms with Crippen LogP contribution in [0.25, 0.3) is 0 Å². The first-order valence-electron chi connectivity index (χ1n) is 6.07. The van der Waals surface area contributed by atoms with E-state index in [0.29, 0.717) is 0 Å². The minimum Gasteiger partial charge on any atom is -0.309 e. The van der Waals surface area contributed by atoms with E-state index in [9.17, 15) is 5.26 Å². The maximum atomic E-state index is 9.29. The van der Waals surface area contributed by atoms with Crippen LogP contribution in [0, 0.1) is 11.3 Å². The van der Waals surface area contributed by atoms with Crippen LogP contribution in [0.3, 0.4) is 0 Å². The van der Waals surface area contributed by atoms with Gasteiger partial charge in [0.2, 0.25) is 0 Å². The summed E-state index contributed by atoms with van der Waals surface area (Å²) in [6.45, 7) is 4.06. The number of nitriles is 1. The molecule has 1 N–H and O–H groups in total. The lowest BCUT2D eigenvalue weighted by atomic mass is 9.89. The smallest absolute Gasteiger partial charge is 0.109 e. The van der Waals surface area contributed by atoms with E-state index >= 15 is 0 Å². The number of hydrogen-bond donors (Lipinski definition) is 1. The average molecular weight is 224 g/mol. The molecule has 0 unspecified atom stereocenters. The Balaban J connectivity index is 2.29. The second-order valence-corrected chi connectivity index (χ2v) is 5.08. The highest BCUT2D eigenvalue weighted by Gasteiger charge is 2.32. The van der Waals surface area contributed by atoms with E-state index in [1.54, 1.807) is 0 Å². The van der Waals surface area contributed by atoms with Gasteiger partial charge in [-0.25, -0.2) is 0 Å². The molecule has 0 spiro atoms. The van der Waals surface area contributed by atoms with E-state index < -0.39 is 0 Å². The van der Waals surface area contributed by atoms with Crippen LogP contribution in [0.4, 0.5) is 0 Å². The van der Waals surface area contributed by atoms with Crippen molar-refractivity contribution in [3.8, 4) is 6.07 Å². The Morgan fingerprint density at radius 3 is 2.50 bits per heavy atom. The molecule has 0 atom stereocenters. The van der Waals surface area contributed by atoms with Crippen LogP contribution in [0.5, 0.6) is 0 Å². The van der Waals surface area contributed by atoms with Gasteiger partial charge in [-0.05, 0) is 53.5 Å². The molecule has 0 aliphatic carbocycles. The summed E-state index contributed by atoms with van der Waals surface area (Å²) in [4.78, 5) is 4.46. The lowest BCUT2D eigenvalue weighted by molar-refractivity contribution is 0.194. The SMILES string of the molecule is CN(C)CCCNC1(C#N)CCN(C)CC1. The van der Waals surface area contributed by atoms with Crippen LogP contribution in [-0.4, -0.2) is 62.7 Å². The van der Waals surface area contributed by atoms with Crippen LogP contribution in [0.1, 0.15) is 19.3 Å². The molecule has 4 nitrogen and oxygen atoms in total. The predicted molar refractivity (Wildman–Crippen MR) is 66.2 cm³/mol. The fourth-order valence-electron chi connectivity index (χ4n) is 2.05.